The van der Waals surface area contributed by atoms with Crippen molar-refractivity contribution in [3.63, 3.8) is 0 Å². The van der Waals surface area contributed by atoms with Crippen molar-refractivity contribution in [2.75, 3.05) is 42.6 Å². The summed E-state index contributed by atoms with van der Waals surface area (Å²) in [6.07, 6.45) is -0.108. The number of aryl methyl sites for hydroxylation is 1. The molecule has 0 saturated carbocycles. The summed E-state index contributed by atoms with van der Waals surface area (Å²) in [5.41, 5.74) is 2.46. The minimum atomic E-state index is -0.257. The van der Waals surface area contributed by atoms with Crippen molar-refractivity contribution in [2.24, 2.45) is 0 Å². The van der Waals surface area contributed by atoms with Crippen LogP contribution >= 0.6 is 11.8 Å². The van der Waals surface area contributed by atoms with Gasteiger partial charge in [-0.2, -0.15) is 0 Å². The molecule has 0 radical (unpaired) electrons. The summed E-state index contributed by atoms with van der Waals surface area (Å²) in [6, 6.07) is 8.44. The molecule has 0 N–H and O–H groups in total. The largest absolute Gasteiger partial charge is 0.462 e. The maximum Gasteiger partial charge on any atom is 0.316 e. The number of nitrogens with zero attached hydrogens (tertiary/aromatic N) is 2. The van der Waals surface area contributed by atoms with Crippen LogP contribution in [0, 0.1) is 6.92 Å². The molecule has 1 saturated heterocycles. The van der Waals surface area contributed by atoms with Crippen LogP contribution in [0.15, 0.2) is 24.3 Å². The van der Waals surface area contributed by atoms with Crippen molar-refractivity contribution >= 4 is 29.3 Å². The molecular formula is C18H26N2O3S. The fourth-order valence-corrected chi connectivity index (χ4v) is 3.34. The second kappa shape index (κ2) is 8.97. The van der Waals surface area contributed by atoms with Crippen molar-refractivity contribution in [2.45, 2.75) is 26.9 Å². The molecule has 1 fully saturated rings. The molecule has 0 spiro atoms. The molecule has 24 heavy (non-hydrogen) atoms. The predicted octanol–water partition coefficient (Wildman–Crippen LogP) is 2.33. The summed E-state index contributed by atoms with van der Waals surface area (Å²) < 4.78 is 5.06. The maximum absolute atomic E-state index is 12.2. The molecule has 1 amide bonds. The zero-order valence-corrected chi connectivity index (χ0v) is 15.5. The van der Waals surface area contributed by atoms with E-state index in [9.17, 15) is 9.59 Å². The smallest absolute Gasteiger partial charge is 0.316 e. The van der Waals surface area contributed by atoms with E-state index in [1.54, 1.807) is 0 Å². The zero-order chi connectivity index (χ0) is 17.5. The third-order valence-corrected chi connectivity index (χ3v) is 4.70. The van der Waals surface area contributed by atoms with Crippen molar-refractivity contribution in [3.05, 3.63) is 29.8 Å². The van der Waals surface area contributed by atoms with Gasteiger partial charge in [0, 0.05) is 31.9 Å². The summed E-state index contributed by atoms with van der Waals surface area (Å²) in [5.74, 6) is 0.401. The Morgan fingerprint density at radius 2 is 1.88 bits per heavy atom. The Hall–Kier alpha value is -1.69. The number of anilines is 1. The third-order valence-electron chi connectivity index (χ3n) is 3.81. The van der Waals surface area contributed by atoms with Crippen LogP contribution in [-0.2, 0) is 14.3 Å². The van der Waals surface area contributed by atoms with E-state index in [-0.39, 0.29) is 23.7 Å². The molecule has 0 aliphatic carbocycles. The van der Waals surface area contributed by atoms with Gasteiger partial charge in [-0.15, -0.1) is 11.8 Å². The summed E-state index contributed by atoms with van der Waals surface area (Å²) >= 11 is 1.32. The van der Waals surface area contributed by atoms with E-state index < -0.39 is 0 Å². The molecule has 5 nitrogen and oxygen atoms in total. The first-order chi connectivity index (χ1) is 11.5. The lowest BCUT2D eigenvalue weighted by Gasteiger charge is -2.36. The van der Waals surface area contributed by atoms with E-state index in [4.69, 9.17) is 4.74 Å². The van der Waals surface area contributed by atoms with Gasteiger partial charge in [0.25, 0.3) is 0 Å². The SMILES string of the molecule is Cc1cccc(N2CCN(C(=O)CSCC(=O)OC(C)C)CC2)c1. The molecule has 0 atom stereocenters. The van der Waals surface area contributed by atoms with E-state index in [1.165, 1.54) is 23.0 Å². The normalized spacial score (nSPS) is 14.8. The Morgan fingerprint density at radius 3 is 2.50 bits per heavy atom. The lowest BCUT2D eigenvalue weighted by molar-refractivity contribution is -0.144. The van der Waals surface area contributed by atoms with Gasteiger partial charge >= 0.3 is 5.97 Å². The number of hydrogen-bond donors (Lipinski definition) is 0. The average Bonchev–Trinajstić information content (AvgIpc) is 2.54. The average molecular weight is 350 g/mol. The van der Waals surface area contributed by atoms with Gasteiger partial charge < -0.3 is 14.5 Å². The van der Waals surface area contributed by atoms with Gasteiger partial charge in [-0.05, 0) is 38.5 Å². The molecule has 1 aromatic carbocycles. The highest BCUT2D eigenvalue weighted by molar-refractivity contribution is 8.00. The van der Waals surface area contributed by atoms with E-state index in [0.29, 0.717) is 5.75 Å². The first-order valence-electron chi connectivity index (χ1n) is 8.32. The van der Waals surface area contributed by atoms with Crippen molar-refractivity contribution in [1.29, 1.82) is 0 Å². The second-order valence-electron chi connectivity index (χ2n) is 6.24. The van der Waals surface area contributed by atoms with Crippen LogP contribution < -0.4 is 4.90 Å². The number of hydrogen-bond acceptors (Lipinski definition) is 5. The molecule has 1 aliphatic heterocycles. The molecule has 0 bridgehead atoms. The molecule has 2 rings (SSSR count). The van der Waals surface area contributed by atoms with Crippen LogP contribution in [0.3, 0.4) is 0 Å². The molecule has 0 aromatic heterocycles. The Bertz CT molecular complexity index is 569. The van der Waals surface area contributed by atoms with Crippen molar-refractivity contribution in [1.82, 2.24) is 4.90 Å². The number of piperazine rings is 1. The Morgan fingerprint density at radius 1 is 1.17 bits per heavy atom. The lowest BCUT2D eigenvalue weighted by Crippen LogP contribution is -2.49. The summed E-state index contributed by atoms with van der Waals surface area (Å²) in [4.78, 5) is 27.9. The number of carbonyl (C=O) groups excluding carboxylic acids is 2. The van der Waals surface area contributed by atoms with E-state index in [0.717, 1.165) is 26.2 Å². The molecule has 1 heterocycles. The van der Waals surface area contributed by atoms with Crippen LogP contribution in [0.1, 0.15) is 19.4 Å². The van der Waals surface area contributed by atoms with E-state index in [1.807, 2.05) is 18.7 Å². The molecule has 1 aromatic rings. The highest BCUT2D eigenvalue weighted by Crippen LogP contribution is 2.18. The van der Waals surface area contributed by atoms with E-state index >= 15 is 0 Å². The molecule has 0 unspecified atom stereocenters. The zero-order valence-electron chi connectivity index (χ0n) is 14.7. The van der Waals surface area contributed by atoms with E-state index in [2.05, 4.69) is 36.1 Å². The summed E-state index contributed by atoms with van der Waals surface area (Å²) in [6.45, 7) is 8.87. The highest BCUT2D eigenvalue weighted by Gasteiger charge is 2.21. The van der Waals surface area contributed by atoms with Gasteiger partial charge in [-0.25, -0.2) is 0 Å². The number of carbonyl (C=O) groups is 2. The van der Waals surface area contributed by atoms with Gasteiger partial charge in [0.15, 0.2) is 0 Å². The third kappa shape index (κ3) is 5.74. The predicted molar refractivity (Wildman–Crippen MR) is 98.5 cm³/mol. The second-order valence-corrected chi connectivity index (χ2v) is 7.22. The van der Waals surface area contributed by atoms with Crippen LogP contribution in [0.25, 0.3) is 0 Å². The van der Waals surface area contributed by atoms with Crippen molar-refractivity contribution < 1.29 is 14.3 Å². The van der Waals surface area contributed by atoms with Gasteiger partial charge in [0.1, 0.15) is 0 Å². The van der Waals surface area contributed by atoms with Gasteiger partial charge in [0.05, 0.1) is 17.6 Å². The first-order valence-corrected chi connectivity index (χ1v) is 9.48. The fraction of sp³-hybridized carbons (Fsp3) is 0.556. The van der Waals surface area contributed by atoms with Crippen LogP contribution in [0.2, 0.25) is 0 Å². The number of amides is 1. The highest BCUT2D eigenvalue weighted by atomic mass is 32.2. The minimum absolute atomic E-state index is 0.0984. The number of benzene rings is 1. The Balaban J connectivity index is 1.72. The molecule has 1 aliphatic rings. The van der Waals surface area contributed by atoms with Gasteiger partial charge in [0.2, 0.25) is 5.91 Å². The Kier molecular flexibility index (Phi) is 6.97. The topological polar surface area (TPSA) is 49.9 Å². The van der Waals surface area contributed by atoms with Crippen LogP contribution in [-0.4, -0.2) is 60.6 Å². The molecule has 6 heteroatoms. The summed E-state index contributed by atoms with van der Waals surface area (Å²) in [5, 5.41) is 0. The van der Waals surface area contributed by atoms with Crippen LogP contribution in [0.5, 0.6) is 0 Å². The number of ether oxygens (including phenoxy) is 1. The maximum atomic E-state index is 12.2. The Labute approximate surface area is 148 Å². The quantitative estimate of drug-likeness (QED) is 0.737. The van der Waals surface area contributed by atoms with Crippen molar-refractivity contribution in [3.8, 4) is 0 Å². The monoisotopic (exact) mass is 350 g/mol. The van der Waals surface area contributed by atoms with Gasteiger partial charge in [-0.1, -0.05) is 12.1 Å². The molecule has 132 valence electrons. The minimum Gasteiger partial charge on any atom is -0.462 e. The number of esters is 1. The fourth-order valence-electron chi connectivity index (χ4n) is 2.65. The standard InChI is InChI=1S/C18H26N2O3S/c1-14(2)23-18(22)13-24-12-17(21)20-9-7-19(8-10-20)16-6-4-5-15(3)11-16/h4-6,11,14H,7-10,12-13H2,1-3H3. The lowest BCUT2D eigenvalue weighted by atomic mass is 10.2. The van der Waals surface area contributed by atoms with Crippen LogP contribution in [0.4, 0.5) is 5.69 Å². The van der Waals surface area contributed by atoms with Gasteiger partial charge in [-0.3, -0.25) is 9.59 Å². The summed E-state index contributed by atoms with van der Waals surface area (Å²) in [7, 11) is 0. The number of thioether (sulfide) groups is 1. The first kappa shape index (κ1) is 18.6. The number of rotatable bonds is 6. The molecular weight excluding hydrogens is 324 g/mol.